The minimum absolute atomic E-state index is 0.130. The Kier molecular flexibility index (Phi) is 7.03. The van der Waals surface area contributed by atoms with Gasteiger partial charge in [-0.05, 0) is 23.8 Å². The number of para-hydroxylation sites is 1. The van der Waals surface area contributed by atoms with Crippen molar-refractivity contribution in [3.63, 3.8) is 0 Å². The van der Waals surface area contributed by atoms with Gasteiger partial charge in [0.15, 0.2) is 11.4 Å². The van der Waals surface area contributed by atoms with Crippen molar-refractivity contribution < 1.29 is 23.0 Å². The van der Waals surface area contributed by atoms with E-state index in [1.807, 2.05) is 12.1 Å². The smallest absolute Gasteiger partial charge is 0.289 e. The molecule has 2 N–H and O–H groups in total. The van der Waals surface area contributed by atoms with Crippen LogP contribution < -0.4 is 10.2 Å². The van der Waals surface area contributed by atoms with Gasteiger partial charge in [0.1, 0.15) is 0 Å². The Balaban J connectivity index is 1.53. The van der Waals surface area contributed by atoms with Crippen molar-refractivity contribution in [2.45, 2.75) is 11.4 Å². The average Bonchev–Trinajstić information content (AvgIpc) is 2.73. The van der Waals surface area contributed by atoms with Crippen LogP contribution in [0.1, 0.15) is 5.56 Å². The van der Waals surface area contributed by atoms with Crippen molar-refractivity contribution in [3.05, 3.63) is 69.2 Å². The Hall–Kier alpha value is -2.53. The monoisotopic (exact) mass is 453 g/mol. The second-order valence-corrected chi connectivity index (χ2v) is 9.30. The van der Waals surface area contributed by atoms with E-state index in [9.17, 15) is 23.3 Å². The van der Waals surface area contributed by atoms with Crippen molar-refractivity contribution in [3.8, 4) is 0 Å². The van der Waals surface area contributed by atoms with Crippen LogP contribution in [0.3, 0.4) is 0 Å². The third-order valence-corrected chi connectivity index (χ3v) is 7.12. The zero-order valence-electron chi connectivity index (χ0n) is 16.1. The van der Waals surface area contributed by atoms with Crippen LogP contribution in [0.2, 0.25) is 5.02 Å². The molecule has 0 spiro atoms. The van der Waals surface area contributed by atoms with Crippen molar-refractivity contribution >= 4 is 33.2 Å². The Morgan fingerprint density at radius 3 is 2.40 bits per heavy atom. The quantitative estimate of drug-likeness (QED) is 0.467. The van der Waals surface area contributed by atoms with Gasteiger partial charge in [0, 0.05) is 17.6 Å². The number of hydrogen-bond donors (Lipinski definition) is 2. The minimum atomic E-state index is -3.97. The SMILES string of the molecule is O=C(C[NH+]1CCN(S(=O)(=O)c2ccccc2[N+](=O)[O-])CC1)NCc1ccc(Cl)cc1. The highest BCUT2D eigenvalue weighted by Crippen LogP contribution is 2.26. The molecule has 0 radical (unpaired) electrons. The molecule has 0 aromatic heterocycles. The highest BCUT2D eigenvalue weighted by atomic mass is 35.5. The van der Waals surface area contributed by atoms with Gasteiger partial charge in [-0.2, -0.15) is 4.31 Å². The summed E-state index contributed by atoms with van der Waals surface area (Å²) < 4.78 is 26.9. The third-order valence-electron chi connectivity index (χ3n) is 4.92. The van der Waals surface area contributed by atoms with Crippen molar-refractivity contribution in [1.29, 1.82) is 0 Å². The summed E-state index contributed by atoms with van der Waals surface area (Å²) in [6.45, 7) is 1.87. The van der Waals surface area contributed by atoms with E-state index < -0.39 is 20.6 Å². The van der Waals surface area contributed by atoms with E-state index in [1.54, 1.807) is 12.1 Å². The molecular weight excluding hydrogens is 432 g/mol. The number of benzene rings is 2. The van der Waals surface area contributed by atoms with Gasteiger partial charge in [-0.1, -0.05) is 35.9 Å². The van der Waals surface area contributed by atoms with E-state index in [1.165, 1.54) is 28.6 Å². The van der Waals surface area contributed by atoms with Crippen LogP contribution in [0, 0.1) is 10.1 Å². The molecule has 160 valence electrons. The summed E-state index contributed by atoms with van der Waals surface area (Å²) in [5.74, 6) is -0.130. The topological polar surface area (TPSA) is 114 Å². The molecule has 1 saturated heterocycles. The molecule has 0 bridgehead atoms. The molecule has 0 atom stereocenters. The number of hydrogen-bond acceptors (Lipinski definition) is 5. The van der Waals surface area contributed by atoms with Crippen LogP contribution in [0.4, 0.5) is 5.69 Å². The van der Waals surface area contributed by atoms with E-state index in [2.05, 4.69) is 5.32 Å². The zero-order chi connectivity index (χ0) is 21.7. The lowest BCUT2D eigenvalue weighted by molar-refractivity contribution is -0.895. The number of sulfonamides is 1. The molecule has 0 aliphatic carbocycles. The molecule has 1 amide bonds. The third kappa shape index (κ3) is 5.33. The molecule has 2 aromatic carbocycles. The van der Waals surface area contributed by atoms with Crippen molar-refractivity contribution in [2.75, 3.05) is 32.7 Å². The number of quaternary nitrogens is 1. The van der Waals surface area contributed by atoms with Gasteiger partial charge in [0.05, 0.1) is 31.1 Å². The number of nitrogens with one attached hydrogen (secondary N) is 2. The largest absolute Gasteiger partial charge is 0.347 e. The van der Waals surface area contributed by atoms with Crippen LogP contribution in [0.5, 0.6) is 0 Å². The predicted octanol–water partition coefficient (Wildman–Crippen LogP) is 0.454. The van der Waals surface area contributed by atoms with Crippen LogP contribution in [-0.4, -0.2) is 56.3 Å². The second-order valence-electron chi connectivity index (χ2n) is 6.96. The van der Waals surface area contributed by atoms with Gasteiger partial charge in [0.25, 0.3) is 11.6 Å². The summed E-state index contributed by atoms with van der Waals surface area (Å²) in [6, 6.07) is 12.5. The summed E-state index contributed by atoms with van der Waals surface area (Å²) in [5.41, 5.74) is 0.497. The number of nitrogens with zero attached hydrogens (tertiary/aromatic N) is 2. The number of rotatable bonds is 7. The van der Waals surface area contributed by atoms with E-state index in [0.717, 1.165) is 10.5 Å². The lowest BCUT2D eigenvalue weighted by Gasteiger charge is -2.31. The summed E-state index contributed by atoms with van der Waals surface area (Å²) >= 11 is 5.84. The molecule has 1 heterocycles. The molecule has 9 nitrogen and oxygen atoms in total. The van der Waals surface area contributed by atoms with Crippen LogP contribution in [0.25, 0.3) is 0 Å². The summed E-state index contributed by atoms with van der Waals surface area (Å²) in [5, 5.41) is 14.6. The van der Waals surface area contributed by atoms with Gasteiger partial charge in [-0.25, -0.2) is 8.42 Å². The predicted molar refractivity (Wildman–Crippen MR) is 111 cm³/mol. The molecule has 1 fully saturated rings. The molecule has 11 heteroatoms. The summed E-state index contributed by atoms with van der Waals surface area (Å²) in [7, 11) is -3.97. The molecule has 0 saturated carbocycles. The van der Waals surface area contributed by atoms with Gasteiger partial charge in [-0.3, -0.25) is 14.9 Å². The van der Waals surface area contributed by atoms with Crippen LogP contribution in [0.15, 0.2) is 53.4 Å². The standard InChI is InChI=1S/C19H21ClN4O5S/c20-16-7-5-15(6-8-16)13-21-19(25)14-22-9-11-23(12-10-22)30(28,29)18-4-2-1-3-17(18)24(26)27/h1-8H,9-14H2,(H,21,25)/p+1. The number of carbonyl (C=O) groups is 1. The highest BCUT2D eigenvalue weighted by Gasteiger charge is 2.35. The van der Waals surface area contributed by atoms with E-state index in [0.29, 0.717) is 24.7 Å². The first kappa shape index (κ1) is 22.2. The molecular formula is C19H22ClN4O5S+. The minimum Gasteiger partial charge on any atom is -0.347 e. The molecule has 2 aromatic rings. The first-order valence-electron chi connectivity index (χ1n) is 9.35. The molecule has 1 aliphatic rings. The van der Waals surface area contributed by atoms with Gasteiger partial charge < -0.3 is 10.2 Å². The number of nitro benzene ring substituents is 1. The number of carbonyl (C=O) groups excluding carboxylic acids is 1. The fourth-order valence-electron chi connectivity index (χ4n) is 3.28. The Morgan fingerprint density at radius 2 is 1.77 bits per heavy atom. The second kappa shape index (κ2) is 9.52. The van der Waals surface area contributed by atoms with E-state index in [4.69, 9.17) is 11.6 Å². The lowest BCUT2D eigenvalue weighted by Crippen LogP contribution is -3.15. The number of nitro groups is 1. The maximum Gasteiger partial charge on any atom is 0.289 e. The Morgan fingerprint density at radius 1 is 1.13 bits per heavy atom. The highest BCUT2D eigenvalue weighted by molar-refractivity contribution is 7.89. The number of amides is 1. The van der Waals surface area contributed by atoms with E-state index in [-0.39, 0.29) is 30.4 Å². The first-order chi connectivity index (χ1) is 14.3. The number of halogens is 1. The normalized spacial score (nSPS) is 15.6. The van der Waals surface area contributed by atoms with Crippen LogP contribution in [-0.2, 0) is 21.4 Å². The zero-order valence-corrected chi connectivity index (χ0v) is 17.7. The number of piperazine rings is 1. The summed E-state index contributed by atoms with van der Waals surface area (Å²) in [4.78, 5) is 23.3. The Bertz CT molecular complexity index is 1020. The van der Waals surface area contributed by atoms with Gasteiger partial charge in [0.2, 0.25) is 10.0 Å². The van der Waals surface area contributed by atoms with Gasteiger partial charge >= 0.3 is 0 Å². The van der Waals surface area contributed by atoms with Crippen molar-refractivity contribution in [2.24, 2.45) is 0 Å². The molecule has 0 unspecified atom stereocenters. The maximum absolute atomic E-state index is 12.8. The first-order valence-corrected chi connectivity index (χ1v) is 11.2. The van der Waals surface area contributed by atoms with Crippen LogP contribution >= 0.6 is 11.6 Å². The van der Waals surface area contributed by atoms with E-state index >= 15 is 0 Å². The molecule has 30 heavy (non-hydrogen) atoms. The molecule has 3 rings (SSSR count). The fourth-order valence-corrected chi connectivity index (χ4v) is 5.00. The molecule has 1 aliphatic heterocycles. The van der Waals surface area contributed by atoms with Gasteiger partial charge in [-0.15, -0.1) is 0 Å². The Labute approximate surface area is 179 Å². The summed E-state index contributed by atoms with van der Waals surface area (Å²) in [6.07, 6.45) is 0. The fraction of sp³-hybridized carbons (Fsp3) is 0.316. The maximum atomic E-state index is 12.8. The average molecular weight is 454 g/mol. The lowest BCUT2D eigenvalue weighted by atomic mass is 10.2. The van der Waals surface area contributed by atoms with Crippen molar-refractivity contribution in [1.82, 2.24) is 9.62 Å².